The highest BCUT2D eigenvalue weighted by atomic mass is 32.1. The lowest BCUT2D eigenvalue weighted by Gasteiger charge is -2.11. The van der Waals surface area contributed by atoms with E-state index in [1.54, 1.807) is 0 Å². The van der Waals surface area contributed by atoms with E-state index < -0.39 is 17.8 Å². The number of carbonyl (C=O) groups excluding carboxylic acids is 2. The number of amides is 2. The van der Waals surface area contributed by atoms with E-state index in [-0.39, 0.29) is 40.9 Å². The molecule has 0 atom stereocenters. The lowest BCUT2D eigenvalue weighted by atomic mass is 10.2. The monoisotopic (exact) mass is 501 g/mol. The molecule has 0 spiro atoms. The Hall–Kier alpha value is -4.32. The first kappa shape index (κ1) is 26.9. The number of aliphatic imine (C=N–C) groups is 2. The summed E-state index contributed by atoms with van der Waals surface area (Å²) < 4.78 is 0. The summed E-state index contributed by atoms with van der Waals surface area (Å²) in [5.74, 6) is -1.91. The number of phenols is 4. The van der Waals surface area contributed by atoms with Gasteiger partial charge in [-0.1, -0.05) is 0 Å². The standard InChI is InChI=1S/C16H16N2O4.C7H7NO4S/c19-13-1-3-15(21)11(7-13)9-17-5-6-18-10-12-8-14(20)2-4-16(12)22;9-5-3-4(13)7(12)8(5)2-1-6(10)11/h1-4,7-10,19-22H,5-6H2;3,13H,1-2H2,(H,10,11). The number of hydrogen-bond donors (Lipinski definition) is 6. The lowest BCUT2D eigenvalue weighted by Crippen LogP contribution is -2.32. The first-order valence-electron chi connectivity index (χ1n) is 10.1. The van der Waals surface area contributed by atoms with Crippen molar-refractivity contribution in [3.63, 3.8) is 0 Å². The Balaban J connectivity index is 0.000000283. The third kappa shape index (κ3) is 8.51. The fourth-order valence-electron chi connectivity index (χ4n) is 2.65. The Morgan fingerprint density at radius 1 is 0.886 bits per heavy atom. The molecule has 1 aliphatic heterocycles. The second kappa shape index (κ2) is 12.8. The number of rotatable bonds is 8. The fraction of sp³-hybridized carbons (Fsp3) is 0.174. The molecule has 0 saturated heterocycles. The quantitative estimate of drug-likeness (QED) is 0.104. The maximum atomic E-state index is 11.1. The lowest BCUT2D eigenvalue weighted by molar-refractivity contribution is -0.140. The van der Waals surface area contributed by atoms with E-state index in [2.05, 4.69) is 22.6 Å². The molecule has 184 valence electrons. The van der Waals surface area contributed by atoms with Crippen LogP contribution in [0, 0.1) is 0 Å². The van der Waals surface area contributed by atoms with Crippen molar-refractivity contribution in [2.75, 3.05) is 19.6 Å². The van der Waals surface area contributed by atoms with Crippen LogP contribution in [-0.4, -0.2) is 80.3 Å². The molecule has 0 aliphatic carbocycles. The van der Waals surface area contributed by atoms with Gasteiger partial charge in [-0.25, -0.2) is 0 Å². The number of aliphatic carboxylic acids is 1. The Labute approximate surface area is 205 Å². The Morgan fingerprint density at radius 3 is 1.77 bits per heavy atom. The van der Waals surface area contributed by atoms with Crippen LogP contribution in [0.4, 0.5) is 0 Å². The number of carbonyl (C=O) groups is 3. The predicted octanol–water partition coefficient (Wildman–Crippen LogP) is 1.69. The molecule has 11 nitrogen and oxygen atoms in total. The molecule has 35 heavy (non-hydrogen) atoms. The molecule has 0 fully saturated rings. The van der Waals surface area contributed by atoms with E-state index in [4.69, 9.17) is 5.11 Å². The minimum absolute atomic E-state index is 0.0368. The van der Waals surface area contributed by atoms with Crippen molar-refractivity contribution in [1.29, 1.82) is 0 Å². The van der Waals surface area contributed by atoms with E-state index in [0.717, 1.165) is 11.0 Å². The molecule has 2 amide bonds. The molecule has 0 aromatic heterocycles. The highest BCUT2D eigenvalue weighted by Gasteiger charge is 2.28. The van der Waals surface area contributed by atoms with E-state index in [1.165, 1.54) is 48.8 Å². The molecule has 3 rings (SSSR count). The van der Waals surface area contributed by atoms with E-state index in [1.807, 2.05) is 0 Å². The molecular weight excluding hydrogens is 478 g/mol. The van der Waals surface area contributed by atoms with Crippen molar-refractivity contribution < 1.29 is 39.9 Å². The largest absolute Gasteiger partial charge is 0.508 e. The second-order valence-corrected chi connectivity index (χ2v) is 7.51. The van der Waals surface area contributed by atoms with Gasteiger partial charge in [0.2, 0.25) is 0 Å². The highest BCUT2D eigenvalue weighted by Crippen LogP contribution is 2.21. The maximum absolute atomic E-state index is 11.1. The van der Waals surface area contributed by atoms with Gasteiger partial charge >= 0.3 is 5.97 Å². The van der Waals surface area contributed by atoms with Crippen LogP contribution in [0.2, 0.25) is 0 Å². The zero-order valence-corrected chi connectivity index (χ0v) is 19.2. The molecule has 1 heterocycles. The van der Waals surface area contributed by atoms with Crippen LogP contribution in [0.3, 0.4) is 0 Å². The van der Waals surface area contributed by atoms with E-state index in [9.17, 15) is 34.8 Å². The number of nitrogens with zero attached hydrogens (tertiary/aromatic N) is 3. The van der Waals surface area contributed by atoms with E-state index in [0.29, 0.717) is 24.2 Å². The van der Waals surface area contributed by atoms with Crippen molar-refractivity contribution in [1.82, 2.24) is 4.90 Å². The van der Waals surface area contributed by atoms with Crippen molar-refractivity contribution in [3.05, 3.63) is 58.5 Å². The van der Waals surface area contributed by atoms with Crippen LogP contribution < -0.4 is 0 Å². The molecule has 0 saturated carbocycles. The first-order valence-corrected chi connectivity index (χ1v) is 10.5. The predicted molar refractivity (Wildman–Crippen MR) is 131 cm³/mol. The summed E-state index contributed by atoms with van der Waals surface area (Å²) in [4.78, 5) is 41.4. The van der Waals surface area contributed by atoms with Crippen LogP contribution >= 0.6 is 12.6 Å². The Kier molecular flexibility index (Phi) is 9.84. The third-order valence-electron chi connectivity index (χ3n) is 4.38. The summed E-state index contributed by atoms with van der Waals surface area (Å²) in [6, 6.07) is 8.37. The zero-order valence-electron chi connectivity index (χ0n) is 18.3. The molecule has 0 unspecified atom stereocenters. The van der Waals surface area contributed by atoms with Gasteiger partial charge in [0.25, 0.3) is 11.8 Å². The van der Waals surface area contributed by atoms with Crippen LogP contribution in [0.25, 0.3) is 0 Å². The van der Waals surface area contributed by atoms with Gasteiger partial charge in [0.05, 0.1) is 24.4 Å². The molecule has 0 bridgehead atoms. The average Bonchev–Trinajstić information content (AvgIpc) is 3.04. The average molecular weight is 502 g/mol. The van der Waals surface area contributed by atoms with Gasteiger partial charge in [0, 0.05) is 36.2 Å². The van der Waals surface area contributed by atoms with Crippen LogP contribution in [0.1, 0.15) is 17.5 Å². The number of benzene rings is 2. The SMILES string of the molecule is O=C(O)CCN1C(=O)C=C(S)C1=O.Oc1ccc(O)c(C=NCCN=Cc2cc(O)ccc2O)c1. The maximum Gasteiger partial charge on any atom is 0.305 e. The molecule has 1 aliphatic rings. The van der Waals surface area contributed by atoms with Gasteiger partial charge in [-0.05, 0) is 36.4 Å². The van der Waals surface area contributed by atoms with Gasteiger partial charge in [-0.15, -0.1) is 12.6 Å². The summed E-state index contributed by atoms with van der Waals surface area (Å²) in [5.41, 5.74) is 0.851. The second-order valence-electron chi connectivity index (χ2n) is 7.03. The Bertz CT molecular complexity index is 1130. The molecule has 2 aromatic carbocycles. The molecule has 0 radical (unpaired) electrons. The molecule has 5 N–H and O–H groups in total. The van der Waals surface area contributed by atoms with Crippen LogP contribution in [0.15, 0.2) is 57.4 Å². The number of aromatic hydroxyl groups is 4. The highest BCUT2D eigenvalue weighted by molar-refractivity contribution is 7.85. The first-order chi connectivity index (χ1) is 16.6. The van der Waals surface area contributed by atoms with Crippen molar-refractivity contribution in [2.24, 2.45) is 9.98 Å². The molecular formula is C23H23N3O8S. The summed E-state index contributed by atoms with van der Waals surface area (Å²) >= 11 is 3.75. The fourth-order valence-corrected chi connectivity index (χ4v) is 2.88. The van der Waals surface area contributed by atoms with Gasteiger partial charge in [-0.2, -0.15) is 0 Å². The van der Waals surface area contributed by atoms with Gasteiger partial charge in [0.1, 0.15) is 23.0 Å². The summed E-state index contributed by atoms with van der Waals surface area (Å²) in [6.07, 6.45) is 3.74. The number of hydrogen-bond acceptors (Lipinski definition) is 10. The number of thiol groups is 1. The van der Waals surface area contributed by atoms with Gasteiger partial charge in [0.15, 0.2) is 0 Å². The minimum Gasteiger partial charge on any atom is -0.508 e. The zero-order chi connectivity index (χ0) is 26.0. The number of carboxylic acid groups (broad SMARTS) is 1. The van der Waals surface area contributed by atoms with E-state index >= 15 is 0 Å². The third-order valence-corrected chi connectivity index (χ3v) is 4.70. The van der Waals surface area contributed by atoms with Crippen molar-refractivity contribution >= 4 is 42.8 Å². The smallest absolute Gasteiger partial charge is 0.305 e. The number of imide groups is 1. The topological polar surface area (TPSA) is 180 Å². The van der Waals surface area contributed by atoms with Gasteiger partial charge in [-0.3, -0.25) is 29.3 Å². The van der Waals surface area contributed by atoms with Crippen LogP contribution in [-0.2, 0) is 14.4 Å². The molecule has 12 heteroatoms. The van der Waals surface area contributed by atoms with Gasteiger partial charge < -0.3 is 25.5 Å². The summed E-state index contributed by atoms with van der Waals surface area (Å²) in [6.45, 7) is 0.657. The van der Waals surface area contributed by atoms with Crippen LogP contribution in [0.5, 0.6) is 23.0 Å². The number of phenolic OH excluding ortho intramolecular Hbond substituents is 4. The van der Waals surface area contributed by atoms with Crippen molar-refractivity contribution in [3.8, 4) is 23.0 Å². The molecule has 2 aromatic rings. The summed E-state index contributed by atoms with van der Waals surface area (Å²) in [7, 11) is 0. The Morgan fingerprint density at radius 2 is 1.37 bits per heavy atom. The normalized spacial score (nSPS) is 13.3. The van der Waals surface area contributed by atoms with Crippen molar-refractivity contribution in [2.45, 2.75) is 6.42 Å². The number of carboxylic acids is 1. The summed E-state index contributed by atoms with van der Waals surface area (Å²) in [5, 5.41) is 46.1. The minimum atomic E-state index is -1.05.